The van der Waals surface area contributed by atoms with E-state index in [2.05, 4.69) is 26.2 Å². The molecule has 1 fully saturated rings. The Morgan fingerprint density at radius 2 is 1.92 bits per heavy atom. The largest absolute Gasteiger partial charge is 0.506 e. The number of thiocarbonyl (C=S) groups is 1. The maximum atomic E-state index is 12.8. The van der Waals surface area contributed by atoms with Gasteiger partial charge in [0.05, 0.1) is 16.4 Å². The summed E-state index contributed by atoms with van der Waals surface area (Å²) in [5, 5.41) is 12.3. The SMILES string of the molecule is O=C1NC(=S)N(c2ccc(Br)cc2)C(=O)[C@H]1C=Nc1ccc(Cl)c(O)c1. The number of nitrogens with zero attached hydrogens (tertiary/aromatic N) is 2. The van der Waals surface area contributed by atoms with Gasteiger partial charge >= 0.3 is 0 Å². The van der Waals surface area contributed by atoms with Crippen LogP contribution in [-0.2, 0) is 9.59 Å². The van der Waals surface area contributed by atoms with Crippen LogP contribution in [0.25, 0.3) is 0 Å². The van der Waals surface area contributed by atoms with E-state index in [-0.39, 0.29) is 15.9 Å². The lowest BCUT2D eigenvalue weighted by molar-refractivity contribution is -0.130. The van der Waals surface area contributed by atoms with Crippen molar-refractivity contribution >= 4 is 74.3 Å². The third kappa shape index (κ3) is 3.77. The van der Waals surface area contributed by atoms with Gasteiger partial charge in [-0.1, -0.05) is 27.5 Å². The normalized spacial score (nSPS) is 17.7. The monoisotopic (exact) mass is 451 g/mol. The Labute approximate surface area is 167 Å². The summed E-state index contributed by atoms with van der Waals surface area (Å²) in [6.07, 6.45) is 1.22. The lowest BCUT2D eigenvalue weighted by Gasteiger charge is -2.30. The van der Waals surface area contributed by atoms with Gasteiger partial charge in [0, 0.05) is 16.8 Å². The van der Waals surface area contributed by atoms with E-state index < -0.39 is 17.7 Å². The molecule has 0 unspecified atom stereocenters. The van der Waals surface area contributed by atoms with Crippen molar-refractivity contribution in [2.24, 2.45) is 10.9 Å². The summed E-state index contributed by atoms with van der Waals surface area (Å²) in [7, 11) is 0. The number of amides is 2. The van der Waals surface area contributed by atoms with Gasteiger partial charge in [-0.2, -0.15) is 0 Å². The number of hydrogen-bond acceptors (Lipinski definition) is 5. The smallest absolute Gasteiger partial charge is 0.251 e. The van der Waals surface area contributed by atoms with Crippen molar-refractivity contribution in [3.63, 3.8) is 0 Å². The van der Waals surface area contributed by atoms with Crippen molar-refractivity contribution < 1.29 is 14.7 Å². The van der Waals surface area contributed by atoms with E-state index in [9.17, 15) is 14.7 Å². The zero-order chi connectivity index (χ0) is 18.8. The molecule has 1 heterocycles. The zero-order valence-corrected chi connectivity index (χ0v) is 16.2. The first-order valence-electron chi connectivity index (χ1n) is 7.34. The first kappa shape index (κ1) is 18.5. The molecule has 1 aliphatic heterocycles. The Hall–Kier alpha value is -2.29. The van der Waals surface area contributed by atoms with Crippen molar-refractivity contribution in [1.82, 2.24) is 5.32 Å². The molecule has 0 spiro atoms. The molecule has 2 N–H and O–H groups in total. The van der Waals surface area contributed by atoms with Crippen LogP contribution in [0.5, 0.6) is 5.75 Å². The number of halogens is 2. The summed E-state index contributed by atoms with van der Waals surface area (Å²) in [6, 6.07) is 11.3. The first-order chi connectivity index (χ1) is 12.4. The Morgan fingerprint density at radius 1 is 1.23 bits per heavy atom. The second kappa shape index (κ2) is 7.53. The number of phenols is 1. The quantitative estimate of drug-likeness (QED) is 0.424. The predicted molar refractivity (Wildman–Crippen MR) is 107 cm³/mol. The van der Waals surface area contributed by atoms with Crippen molar-refractivity contribution in [3.8, 4) is 5.75 Å². The van der Waals surface area contributed by atoms with Gasteiger partial charge in [0.15, 0.2) is 11.0 Å². The fourth-order valence-corrected chi connectivity index (χ4v) is 2.98. The number of aliphatic imine (C=N–C) groups is 1. The van der Waals surface area contributed by atoms with Gasteiger partial charge in [-0.3, -0.25) is 19.5 Å². The van der Waals surface area contributed by atoms with Crippen molar-refractivity contribution in [2.45, 2.75) is 0 Å². The minimum Gasteiger partial charge on any atom is -0.506 e. The van der Waals surface area contributed by atoms with Gasteiger partial charge in [0.2, 0.25) is 5.91 Å². The molecule has 0 aliphatic carbocycles. The number of rotatable bonds is 3. The Bertz CT molecular complexity index is 933. The third-order valence-electron chi connectivity index (χ3n) is 3.59. The van der Waals surface area contributed by atoms with Crippen LogP contribution in [0, 0.1) is 5.92 Å². The molecule has 0 radical (unpaired) electrons. The molecule has 0 aromatic heterocycles. The van der Waals surface area contributed by atoms with E-state index in [4.69, 9.17) is 23.8 Å². The molecule has 1 atom stereocenters. The summed E-state index contributed by atoms with van der Waals surface area (Å²) in [5.74, 6) is -2.36. The van der Waals surface area contributed by atoms with Crippen molar-refractivity contribution in [3.05, 3.63) is 52.0 Å². The highest BCUT2D eigenvalue weighted by Crippen LogP contribution is 2.28. The van der Waals surface area contributed by atoms with E-state index in [0.29, 0.717) is 11.4 Å². The maximum Gasteiger partial charge on any atom is 0.251 e. The highest BCUT2D eigenvalue weighted by atomic mass is 79.9. The highest BCUT2D eigenvalue weighted by Gasteiger charge is 2.38. The summed E-state index contributed by atoms with van der Waals surface area (Å²) < 4.78 is 0.848. The van der Waals surface area contributed by atoms with Gasteiger partial charge in [0.25, 0.3) is 5.91 Å². The van der Waals surface area contributed by atoms with Gasteiger partial charge in [0.1, 0.15) is 5.75 Å². The molecular weight excluding hydrogens is 442 g/mol. The zero-order valence-electron chi connectivity index (χ0n) is 13.0. The fraction of sp³-hybridized carbons (Fsp3) is 0.0588. The number of nitrogens with one attached hydrogen (secondary N) is 1. The van der Waals surface area contributed by atoms with E-state index in [1.54, 1.807) is 30.3 Å². The third-order valence-corrected chi connectivity index (χ3v) is 4.72. The second-order valence-electron chi connectivity index (χ2n) is 5.34. The molecule has 0 bridgehead atoms. The molecule has 1 aliphatic rings. The average molecular weight is 453 g/mol. The number of phenolic OH excluding ortho intramolecular Hbond substituents is 1. The van der Waals surface area contributed by atoms with E-state index in [1.165, 1.54) is 23.2 Å². The fourth-order valence-electron chi connectivity index (χ4n) is 2.30. The van der Waals surface area contributed by atoms with Crippen LogP contribution < -0.4 is 10.2 Å². The van der Waals surface area contributed by atoms with E-state index in [0.717, 1.165) is 4.47 Å². The number of anilines is 1. The molecule has 3 rings (SSSR count). The van der Waals surface area contributed by atoms with Gasteiger partial charge in [-0.15, -0.1) is 0 Å². The average Bonchev–Trinajstić information content (AvgIpc) is 2.59. The van der Waals surface area contributed by atoms with Crippen LogP contribution in [-0.4, -0.2) is 28.2 Å². The maximum absolute atomic E-state index is 12.8. The topological polar surface area (TPSA) is 82.0 Å². The molecule has 9 heteroatoms. The van der Waals surface area contributed by atoms with Crippen LogP contribution >= 0.6 is 39.7 Å². The van der Waals surface area contributed by atoms with E-state index in [1.807, 2.05) is 0 Å². The molecule has 2 aromatic carbocycles. The first-order valence-corrected chi connectivity index (χ1v) is 8.92. The number of carbonyl (C=O) groups excluding carboxylic acids is 2. The van der Waals surface area contributed by atoms with Crippen molar-refractivity contribution in [1.29, 1.82) is 0 Å². The molecular formula is C17H11BrClN3O3S. The van der Waals surface area contributed by atoms with Crippen LogP contribution in [0.15, 0.2) is 51.9 Å². The standard InChI is InChI=1S/C17H11BrClN3O3S/c18-9-1-4-11(5-2-9)22-16(25)12(15(24)21-17(22)26)8-20-10-3-6-13(19)14(23)7-10/h1-8,12,23H,(H,21,24,26)/t12-/m0/s1. The van der Waals surface area contributed by atoms with Crippen LogP contribution in [0.1, 0.15) is 0 Å². The lowest BCUT2D eigenvalue weighted by Crippen LogP contribution is -2.58. The molecule has 2 aromatic rings. The molecule has 6 nitrogen and oxygen atoms in total. The number of benzene rings is 2. The molecule has 0 saturated carbocycles. The van der Waals surface area contributed by atoms with E-state index >= 15 is 0 Å². The van der Waals surface area contributed by atoms with Gasteiger partial charge in [-0.25, -0.2) is 0 Å². The van der Waals surface area contributed by atoms with Crippen LogP contribution in [0.4, 0.5) is 11.4 Å². The van der Waals surface area contributed by atoms with Gasteiger partial charge < -0.3 is 10.4 Å². The minimum absolute atomic E-state index is 0.0103. The Balaban J connectivity index is 1.88. The molecule has 1 saturated heterocycles. The van der Waals surface area contributed by atoms with Crippen LogP contribution in [0.2, 0.25) is 5.02 Å². The lowest BCUT2D eigenvalue weighted by atomic mass is 10.1. The van der Waals surface area contributed by atoms with Crippen molar-refractivity contribution in [2.75, 3.05) is 4.90 Å². The Morgan fingerprint density at radius 3 is 2.58 bits per heavy atom. The summed E-state index contributed by atoms with van der Waals surface area (Å²) >= 11 is 14.2. The number of hydrogen-bond donors (Lipinski definition) is 2. The highest BCUT2D eigenvalue weighted by molar-refractivity contribution is 9.10. The summed E-state index contributed by atoms with van der Waals surface area (Å²) in [5.41, 5.74) is 0.890. The second-order valence-corrected chi connectivity index (χ2v) is 7.05. The molecule has 26 heavy (non-hydrogen) atoms. The Kier molecular flexibility index (Phi) is 5.36. The van der Waals surface area contributed by atoms with Crippen LogP contribution in [0.3, 0.4) is 0 Å². The summed E-state index contributed by atoms with van der Waals surface area (Å²) in [6.45, 7) is 0. The number of carbonyl (C=O) groups is 2. The van der Waals surface area contributed by atoms with Gasteiger partial charge in [-0.05, 0) is 48.6 Å². The molecule has 132 valence electrons. The molecule has 2 amide bonds. The number of aromatic hydroxyl groups is 1. The predicted octanol–water partition coefficient (Wildman–Crippen LogP) is 3.57. The minimum atomic E-state index is -1.15. The summed E-state index contributed by atoms with van der Waals surface area (Å²) in [4.78, 5) is 30.3.